The van der Waals surface area contributed by atoms with Gasteiger partial charge in [-0.05, 0) is 84.5 Å². The Bertz CT molecular complexity index is 1370. The van der Waals surface area contributed by atoms with E-state index in [9.17, 15) is 5.11 Å². The molecule has 0 aromatic heterocycles. The number of phenols is 1. The summed E-state index contributed by atoms with van der Waals surface area (Å²) in [4.78, 5) is 0. The highest BCUT2D eigenvalue weighted by atomic mass is 16.3. The molecule has 0 radical (unpaired) electrons. The number of aryl methyl sites for hydroxylation is 1. The highest BCUT2D eigenvalue weighted by Gasteiger charge is 2.10. The quantitative estimate of drug-likeness (QED) is 0.219. The molecule has 4 aromatic carbocycles. The summed E-state index contributed by atoms with van der Waals surface area (Å²) in [5.74, 6) is 0.146. The summed E-state index contributed by atoms with van der Waals surface area (Å²) in [6.45, 7) is 4.83. The lowest BCUT2D eigenvalue weighted by Crippen LogP contribution is -1.95. The molecule has 0 aliphatic carbocycles. The van der Waals surface area contributed by atoms with Crippen LogP contribution in [0.2, 0.25) is 0 Å². The number of aromatic hydroxyl groups is 1. The molecule has 0 unspecified atom stereocenters. The summed E-state index contributed by atoms with van der Waals surface area (Å²) in [6, 6.07) is 23.6. The summed E-state index contributed by atoms with van der Waals surface area (Å²) in [7, 11) is 1.66. The van der Waals surface area contributed by atoms with Crippen LogP contribution in [0, 0.1) is 6.92 Å². The monoisotopic (exact) mass is 449 g/mol. The first-order chi connectivity index (χ1) is 16.6. The van der Waals surface area contributed by atoms with E-state index in [1.165, 1.54) is 0 Å². The van der Waals surface area contributed by atoms with Gasteiger partial charge in [-0.25, -0.2) is 0 Å². The zero-order valence-electron chi connectivity index (χ0n) is 19.5. The Labute approximate surface area is 199 Å². The maximum Gasteiger partial charge on any atom is 0.151 e. The fourth-order valence-electron chi connectivity index (χ4n) is 3.67. The molecular weight excluding hydrogens is 422 g/mol. The number of azo groups is 2. The van der Waals surface area contributed by atoms with E-state index in [1.54, 1.807) is 7.05 Å². The van der Waals surface area contributed by atoms with Crippen molar-refractivity contribution < 1.29 is 5.11 Å². The lowest BCUT2D eigenvalue weighted by molar-refractivity contribution is 0.482. The first-order valence-electron chi connectivity index (χ1n) is 11.2. The molecule has 4 aromatic rings. The van der Waals surface area contributed by atoms with Gasteiger partial charge in [0, 0.05) is 24.7 Å². The number of fused-ring (bicyclic) bond motifs is 1. The normalized spacial score (nSPS) is 11.9. The predicted octanol–water partition coefficient (Wildman–Crippen LogP) is 8.58. The van der Waals surface area contributed by atoms with Gasteiger partial charge in [0.25, 0.3) is 0 Å². The number of benzene rings is 4. The van der Waals surface area contributed by atoms with Crippen LogP contribution in [0.1, 0.15) is 23.6 Å². The third-order valence-electron chi connectivity index (χ3n) is 5.39. The molecule has 0 fully saturated rings. The Kier molecular flexibility index (Phi) is 7.08. The number of nitrogens with one attached hydrogen (secondary N) is 1. The minimum Gasteiger partial charge on any atom is -0.505 e. The maximum atomic E-state index is 10.8. The second kappa shape index (κ2) is 10.5. The summed E-state index contributed by atoms with van der Waals surface area (Å²) in [5, 5.41) is 32.3. The molecule has 2 N–H and O–H groups in total. The van der Waals surface area contributed by atoms with Crippen molar-refractivity contribution in [3.63, 3.8) is 0 Å². The lowest BCUT2D eigenvalue weighted by atomic mass is 10.0. The lowest BCUT2D eigenvalue weighted by Gasteiger charge is -2.10. The van der Waals surface area contributed by atoms with Crippen molar-refractivity contribution in [1.29, 1.82) is 0 Å². The van der Waals surface area contributed by atoms with Crippen molar-refractivity contribution in [2.75, 3.05) is 18.9 Å². The van der Waals surface area contributed by atoms with Crippen molar-refractivity contribution in [2.24, 2.45) is 20.5 Å². The maximum absolute atomic E-state index is 10.8. The SMILES string of the molecule is CCNc1ccc2c(O)c(N=Nc3ccc(C=Cc4ccc(N=NC)cc4)cc3)c(C)cc2c1. The van der Waals surface area contributed by atoms with E-state index in [2.05, 4.69) is 32.7 Å². The largest absolute Gasteiger partial charge is 0.505 e. The van der Waals surface area contributed by atoms with Crippen molar-refractivity contribution in [3.05, 3.63) is 89.5 Å². The van der Waals surface area contributed by atoms with E-state index in [-0.39, 0.29) is 5.75 Å². The molecule has 0 aliphatic rings. The van der Waals surface area contributed by atoms with E-state index in [1.807, 2.05) is 91.9 Å². The number of nitrogens with zero attached hydrogens (tertiary/aromatic N) is 4. The van der Waals surface area contributed by atoms with Crippen LogP contribution >= 0.6 is 0 Å². The Morgan fingerprint density at radius 1 is 0.794 bits per heavy atom. The number of hydrogen-bond acceptors (Lipinski definition) is 6. The second-order valence-electron chi connectivity index (χ2n) is 7.87. The third-order valence-corrected chi connectivity index (χ3v) is 5.39. The van der Waals surface area contributed by atoms with Gasteiger partial charge >= 0.3 is 0 Å². The zero-order valence-corrected chi connectivity index (χ0v) is 19.5. The highest BCUT2D eigenvalue weighted by molar-refractivity contribution is 5.95. The molecule has 0 saturated carbocycles. The second-order valence-corrected chi connectivity index (χ2v) is 7.87. The van der Waals surface area contributed by atoms with Crippen molar-refractivity contribution in [3.8, 4) is 5.75 Å². The molecule has 0 spiro atoms. The first kappa shape index (κ1) is 22.9. The van der Waals surface area contributed by atoms with E-state index in [4.69, 9.17) is 0 Å². The average Bonchev–Trinajstić information content (AvgIpc) is 2.84. The van der Waals surface area contributed by atoms with Crippen LogP contribution in [0.4, 0.5) is 22.7 Å². The molecule has 6 heteroatoms. The minimum absolute atomic E-state index is 0.146. The molecule has 0 bridgehead atoms. The summed E-state index contributed by atoms with van der Waals surface area (Å²) in [5.41, 5.74) is 6.06. The van der Waals surface area contributed by atoms with Gasteiger partial charge in [0.05, 0.1) is 11.4 Å². The number of rotatable bonds is 7. The number of hydrogen-bond donors (Lipinski definition) is 2. The number of anilines is 1. The highest BCUT2D eigenvalue weighted by Crippen LogP contribution is 2.39. The van der Waals surface area contributed by atoms with Gasteiger partial charge in [0.2, 0.25) is 0 Å². The van der Waals surface area contributed by atoms with Crippen molar-refractivity contribution in [2.45, 2.75) is 13.8 Å². The molecule has 6 nitrogen and oxygen atoms in total. The van der Waals surface area contributed by atoms with Crippen LogP contribution in [0.15, 0.2) is 93.3 Å². The van der Waals surface area contributed by atoms with Gasteiger partial charge in [-0.15, -0.1) is 5.11 Å². The Morgan fingerprint density at radius 2 is 1.41 bits per heavy atom. The molecular formula is C28H27N5O. The third kappa shape index (κ3) is 5.35. The summed E-state index contributed by atoms with van der Waals surface area (Å²) in [6.07, 6.45) is 4.08. The van der Waals surface area contributed by atoms with Crippen LogP contribution in [0.5, 0.6) is 5.75 Å². The van der Waals surface area contributed by atoms with Crippen molar-refractivity contribution >= 4 is 45.7 Å². The molecule has 0 aliphatic heterocycles. The standard InChI is InChI=1S/C28H27N5O/c1-4-30-25-15-16-26-22(18-25)17-19(2)27(28(26)34)33-32-24-13-9-21(10-14-24)6-5-20-7-11-23(12-8-20)31-29-3/h5-18,30,34H,4H2,1-3H3. The molecule has 4 rings (SSSR count). The van der Waals surface area contributed by atoms with Gasteiger partial charge in [0.1, 0.15) is 5.69 Å². The van der Waals surface area contributed by atoms with Crippen LogP contribution in [0.25, 0.3) is 22.9 Å². The zero-order chi connectivity index (χ0) is 23.9. The molecule has 34 heavy (non-hydrogen) atoms. The summed E-state index contributed by atoms with van der Waals surface area (Å²) >= 11 is 0. The van der Waals surface area contributed by atoms with Crippen LogP contribution < -0.4 is 5.32 Å². The molecule has 0 amide bonds. The Morgan fingerprint density at radius 3 is 2.00 bits per heavy atom. The topological polar surface area (TPSA) is 81.7 Å². The van der Waals surface area contributed by atoms with E-state index < -0.39 is 0 Å². The summed E-state index contributed by atoms with van der Waals surface area (Å²) < 4.78 is 0. The van der Waals surface area contributed by atoms with E-state index in [0.717, 1.165) is 45.4 Å². The molecule has 0 heterocycles. The predicted molar refractivity (Wildman–Crippen MR) is 141 cm³/mol. The Hall–Kier alpha value is -4.32. The Balaban J connectivity index is 1.50. The van der Waals surface area contributed by atoms with Gasteiger partial charge in [-0.3, -0.25) is 0 Å². The van der Waals surface area contributed by atoms with Crippen LogP contribution in [0.3, 0.4) is 0 Å². The van der Waals surface area contributed by atoms with Gasteiger partial charge in [0.15, 0.2) is 5.75 Å². The van der Waals surface area contributed by atoms with Gasteiger partial charge < -0.3 is 10.4 Å². The minimum atomic E-state index is 0.146. The van der Waals surface area contributed by atoms with Crippen LogP contribution in [-0.4, -0.2) is 18.7 Å². The van der Waals surface area contributed by atoms with E-state index in [0.29, 0.717) is 11.4 Å². The fraction of sp³-hybridized carbons (Fsp3) is 0.143. The fourth-order valence-corrected chi connectivity index (χ4v) is 3.67. The average molecular weight is 450 g/mol. The van der Waals surface area contributed by atoms with Gasteiger partial charge in [-0.1, -0.05) is 36.4 Å². The van der Waals surface area contributed by atoms with Crippen LogP contribution in [-0.2, 0) is 0 Å². The molecule has 0 saturated heterocycles. The molecule has 0 atom stereocenters. The first-order valence-corrected chi connectivity index (χ1v) is 11.2. The van der Waals surface area contributed by atoms with E-state index >= 15 is 0 Å². The smallest absolute Gasteiger partial charge is 0.151 e. The molecule has 170 valence electrons. The number of phenolic OH excluding ortho intramolecular Hbond substituents is 1. The van der Waals surface area contributed by atoms with Crippen molar-refractivity contribution in [1.82, 2.24) is 0 Å². The van der Waals surface area contributed by atoms with Gasteiger partial charge in [-0.2, -0.15) is 15.3 Å².